The molecule has 2 aromatic rings. The van der Waals surface area contributed by atoms with Crippen molar-refractivity contribution in [2.75, 3.05) is 5.32 Å². The Labute approximate surface area is 129 Å². The van der Waals surface area contributed by atoms with Crippen LogP contribution in [-0.2, 0) is 12.7 Å². The number of hydrogen-bond acceptors (Lipinski definition) is 2. The topological polar surface area (TPSA) is 29.9 Å². The smallest absolute Gasteiger partial charge is 0.326 e. The van der Waals surface area contributed by atoms with E-state index in [4.69, 9.17) is 0 Å². The molecule has 1 N–H and O–H groups in total. The lowest BCUT2D eigenvalue weighted by Crippen LogP contribution is -2.07. The third-order valence-corrected chi connectivity index (χ3v) is 3.30. The number of benzene rings is 1. The molecule has 0 saturated carbocycles. The van der Waals surface area contributed by atoms with E-state index in [1.165, 1.54) is 0 Å². The molecule has 0 atom stereocenters. The molecule has 1 aromatic heterocycles. The maximum atomic E-state index is 12.8. The molecule has 114 valence electrons. The van der Waals surface area contributed by atoms with Crippen molar-refractivity contribution < 1.29 is 13.2 Å². The minimum atomic E-state index is -4.38. The second-order valence-corrected chi connectivity index (χ2v) is 5.67. The first-order valence-electron chi connectivity index (χ1n) is 6.48. The van der Waals surface area contributed by atoms with Crippen LogP contribution in [0.1, 0.15) is 24.6 Å². The van der Waals surface area contributed by atoms with E-state index in [2.05, 4.69) is 26.2 Å². The van der Waals surface area contributed by atoms with Gasteiger partial charge in [0, 0.05) is 22.9 Å². The number of nitrogens with one attached hydrogen (secondary N) is 1. The summed E-state index contributed by atoms with van der Waals surface area (Å²) in [6, 6.07) is 3.72. The van der Waals surface area contributed by atoms with Gasteiger partial charge in [-0.15, -0.1) is 0 Å². The minimum Gasteiger partial charge on any atom is -0.326 e. The molecule has 2 rings (SSSR count). The lowest BCUT2D eigenvalue weighted by atomic mass is 10.2. The number of aryl methyl sites for hydroxylation is 2. The van der Waals surface area contributed by atoms with Gasteiger partial charge >= 0.3 is 6.18 Å². The van der Waals surface area contributed by atoms with Crippen LogP contribution in [0.2, 0.25) is 0 Å². The fourth-order valence-corrected chi connectivity index (χ4v) is 2.51. The predicted molar refractivity (Wildman–Crippen MR) is 79.7 cm³/mol. The standard InChI is InChI=1S/C14H15BrF3N3/c1-3-4-21-8-9(2)19-13(21)20-12-6-10(14(16,17)18)5-11(15)7-12/h5-8H,3-4H2,1-2H3,(H,19,20). The minimum absolute atomic E-state index is 0.347. The van der Waals surface area contributed by atoms with Crippen molar-refractivity contribution in [3.63, 3.8) is 0 Å². The zero-order valence-electron chi connectivity index (χ0n) is 11.6. The molecule has 1 heterocycles. The Balaban J connectivity index is 2.33. The van der Waals surface area contributed by atoms with E-state index in [1.807, 2.05) is 24.6 Å². The van der Waals surface area contributed by atoms with Crippen LogP contribution in [0.5, 0.6) is 0 Å². The van der Waals surface area contributed by atoms with Crippen molar-refractivity contribution in [1.82, 2.24) is 9.55 Å². The molecule has 0 saturated heterocycles. The van der Waals surface area contributed by atoms with Gasteiger partial charge in [-0.05, 0) is 31.5 Å². The van der Waals surface area contributed by atoms with Gasteiger partial charge in [0.05, 0.1) is 11.3 Å². The van der Waals surface area contributed by atoms with Gasteiger partial charge < -0.3 is 9.88 Å². The summed E-state index contributed by atoms with van der Waals surface area (Å²) in [5.41, 5.74) is 0.460. The third-order valence-electron chi connectivity index (χ3n) is 2.84. The first-order chi connectivity index (χ1) is 9.79. The van der Waals surface area contributed by atoms with Crippen molar-refractivity contribution in [3.8, 4) is 0 Å². The normalized spacial score (nSPS) is 11.7. The zero-order valence-corrected chi connectivity index (χ0v) is 13.2. The number of imidazole rings is 1. The second-order valence-electron chi connectivity index (χ2n) is 4.75. The van der Waals surface area contributed by atoms with Crippen LogP contribution in [0.25, 0.3) is 0 Å². The molecule has 3 nitrogen and oxygen atoms in total. The molecular weight excluding hydrogens is 347 g/mol. The van der Waals surface area contributed by atoms with Gasteiger partial charge in [0.25, 0.3) is 0 Å². The highest BCUT2D eigenvalue weighted by molar-refractivity contribution is 9.10. The molecule has 7 heteroatoms. The quantitative estimate of drug-likeness (QED) is 0.818. The Kier molecular flexibility index (Phi) is 4.61. The van der Waals surface area contributed by atoms with Crippen LogP contribution in [0.4, 0.5) is 24.8 Å². The maximum absolute atomic E-state index is 12.8. The van der Waals surface area contributed by atoms with Crippen LogP contribution in [0.3, 0.4) is 0 Å². The molecule has 0 fully saturated rings. The number of anilines is 2. The molecule has 0 amide bonds. The first kappa shape index (κ1) is 15.9. The highest BCUT2D eigenvalue weighted by Crippen LogP contribution is 2.34. The summed E-state index contributed by atoms with van der Waals surface area (Å²) in [7, 11) is 0. The highest BCUT2D eigenvalue weighted by Gasteiger charge is 2.31. The first-order valence-corrected chi connectivity index (χ1v) is 7.27. The second kappa shape index (κ2) is 6.09. The van der Waals surface area contributed by atoms with Crippen LogP contribution in [0.15, 0.2) is 28.9 Å². The SMILES string of the molecule is CCCn1cc(C)nc1Nc1cc(Br)cc(C(F)(F)F)c1. The molecule has 0 unspecified atom stereocenters. The summed E-state index contributed by atoms with van der Waals surface area (Å²) in [5, 5.41) is 2.95. The van der Waals surface area contributed by atoms with Crippen LogP contribution in [0, 0.1) is 6.92 Å². The van der Waals surface area contributed by atoms with Crippen LogP contribution in [-0.4, -0.2) is 9.55 Å². The predicted octanol–water partition coefficient (Wildman–Crippen LogP) is 5.13. The van der Waals surface area contributed by atoms with Crippen molar-refractivity contribution in [3.05, 3.63) is 40.1 Å². The van der Waals surface area contributed by atoms with E-state index in [0.717, 1.165) is 30.8 Å². The monoisotopic (exact) mass is 361 g/mol. The number of halogens is 4. The Morgan fingerprint density at radius 2 is 2.00 bits per heavy atom. The molecule has 1 aromatic carbocycles. The summed E-state index contributed by atoms with van der Waals surface area (Å²) >= 11 is 3.11. The maximum Gasteiger partial charge on any atom is 0.416 e. The van der Waals surface area contributed by atoms with Crippen molar-refractivity contribution in [1.29, 1.82) is 0 Å². The number of rotatable bonds is 4. The van der Waals surface area contributed by atoms with Crippen molar-refractivity contribution >= 4 is 27.6 Å². The lowest BCUT2D eigenvalue weighted by molar-refractivity contribution is -0.137. The summed E-state index contributed by atoms with van der Waals surface area (Å²) in [5.74, 6) is 0.542. The zero-order chi connectivity index (χ0) is 15.6. The number of aromatic nitrogens is 2. The largest absolute Gasteiger partial charge is 0.416 e. The molecule has 0 spiro atoms. The third kappa shape index (κ3) is 4.00. The summed E-state index contributed by atoms with van der Waals surface area (Å²) in [6.45, 7) is 4.63. The van der Waals surface area contributed by atoms with Crippen LogP contribution < -0.4 is 5.32 Å². The van der Waals surface area contributed by atoms with Crippen molar-refractivity contribution in [2.24, 2.45) is 0 Å². The molecule has 21 heavy (non-hydrogen) atoms. The van der Waals surface area contributed by atoms with Gasteiger partial charge in [-0.3, -0.25) is 0 Å². The van der Waals surface area contributed by atoms with Crippen molar-refractivity contribution in [2.45, 2.75) is 33.0 Å². The Morgan fingerprint density at radius 3 is 2.62 bits per heavy atom. The molecular formula is C14H15BrF3N3. The summed E-state index contributed by atoms with van der Waals surface area (Å²) in [6.07, 6.45) is -1.60. The van der Waals surface area contributed by atoms with Gasteiger partial charge in [0.15, 0.2) is 0 Å². The molecule has 0 bridgehead atoms. The van der Waals surface area contributed by atoms with Crippen LogP contribution >= 0.6 is 15.9 Å². The van der Waals surface area contributed by atoms with Gasteiger partial charge in [0.1, 0.15) is 0 Å². The number of hydrogen-bond donors (Lipinski definition) is 1. The average molecular weight is 362 g/mol. The molecule has 0 aliphatic carbocycles. The van der Waals surface area contributed by atoms with Gasteiger partial charge in [0.2, 0.25) is 5.95 Å². The van der Waals surface area contributed by atoms with E-state index in [9.17, 15) is 13.2 Å². The number of nitrogens with zero attached hydrogens (tertiary/aromatic N) is 2. The van der Waals surface area contributed by atoms with E-state index >= 15 is 0 Å². The highest BCUT2D eigenvalue weighted by atomic mass is 79.9. The van der Waals surface area contributed by atoms with Gasteiger partial charge in [-0.1, -0.05) is 22.9 Å². The molecule has 0 radical (unpaired) electrons. The summed E-state index contributed by atoms with van der Waals surface area (Å²) < 4.78 is 40.7. The van der Waals surface area contributed by atoms with Gasteiger partial charge in [-0.25, -0.2) is 4.98 Å². The van der Waals surface area contributed by atoms with E-state index in [-0.39, 0.29) is 0 Å². The average Bonchev–Trinajstić information content (AvgIpc) is 2.68. The van der Waals surface area contributed by atoms with E-state index in [0.29, 0.717) is 16.1 Å². The molecule has 0 aliphatic heterocycles. The molecule has 0 aliphatic rings. The van der Waals surface area contributed by atoms with E-state index in [1.54, 1.807) is 6.07 Å². The van der Waals surface area contributed by atoms with Gasteiger partial charge in [-0.2, -0.15) is 13.2 Å². The fraction of sp³-hybridized carbons (Fsp3) is 0.357. The van der Waals surface area contributed by atoms with E-state index < -0.39 is 11.7 Å². The number of alkyl halides is 3. The Morgan fingerprint density at radius 1 is 1.29 bits per heavy atom. The summed E-state index contributed by atoms with van der Waals surface area (Å²) in [4.78, 5) is 4.30. The fourth-order valence-electron chi connectivity index (χ4n) is 2.01. The lowest BCUT2D eigenvalue weighted by Gasteiger charge is -2.12. The Bertz CT molecular complexity index is 635. The Hall–Kier alpha value is -1.50.